The highest BCUT2D eigenvalue weighted by Crippen LogP contribution is 2.29. The number of rotatable bonds is 6. The van der Waals surface area contributed by atoms with Crippen molar-refractivity contribution in [1.82, 2.24) is 0 Å². The number of nitrogens with zero attached hydrogens (tertiary/aromatic N) is 1. The van der Waals surface area contributed by atoms with Gasteiger partial charge in [-0.15, -0.1) is 11.3 Å². The summed E-state index contributed by atoms with van der Waals surface area (Å²) >= 11 is 1.85. The van der Waals surface area contributed by atoms with E-state index >= 15 is 0 Å². The zero-order valence-electron chi connectivity index (χ0n) is 13.4. The Bertz CT molecular complexity index is 591. The van der Waals surface area contributed by atoms with Gasteiger partial charge in [0.05, 0.1) is 5.69 Å². The predicted octanol–water partition coefficient (Wildman–Crippen LogP) is 4.89. The zero-order chi connectivity index (χ0) is 15.4. The van der Waals surface area contributed by atoms with Crippen LogP contribution in [0.2, 0.25) is 0 Å². The maximum atomic E-state index is 6.40. The van der Waals surface area contributed by atoms with Crippen LogP contribution in [0.4, 0.5) is 5.69 Å². The third-order valence-corrected chi connectivity index (χ3v) is 5.70. The van der Waals surface area contributed by atoms with Crippen LogP contribution in [0.5, 0.6) is 0 Å². The minimum Gasteiger partial charge on any atom is -0.310 e. The number of benzene rings is 1. The minimum atomic E-state index is 0.533. The van der Waals surface area contributed by atoms with Gasteiger partial charge in [-0.3, -0.25) is 0 Å². The van der Waals surface area contributed by atoms with Crippen molar-refractivity contribution >= 4 is 17.0 Å². The Labute approximate surface area is 137 Å². The van der Waals surface area contributed by atoms with Crippen molar-refractivity contribution in [2.75, 3.05) is 11.6 Å². The van der Waals surface area contributed by atoms with Crippen molar-refractivity contribution in [3.8, 4) is 0 Å². The molecule has 0 aliphatic heterocycles. The molecule has 1 aliphatic rings. The van der Waals surface area contributed by atoms with E-state index in [1.165, 1.54) is 60.2 Å². The highest BCUT2D eigenvalue weighted by molar-refractivity contribution is 7.10. The van der Waals surface area contributed by atoms with E-state index in [2.05, 4.69) is 42.6 Å². The van der Waals surface area contributed by atoms with E-state index in [0.29, 0.717) is 5.92 Å². The molecule has 1 aromatic heterocycles. The van der Waals surface area contributed by atoms with E-state index in [9.17, 15) is 0 Å². The molecule has 1 atom stereocenters. The third-order valence-electron chi connectivity index (χ3n) is 4.66. The molecule has 3 heteroatoms. The van der Waals surface area contributed by atoms with Crippen molar-refractivity contribution in [3.05, 3.63) is 51.7 Å². The summed E-state index contributed by atoms with van der Waals surface area (Å²) in [6.07, 6.45) is 7.47. The largest absolute Gasteiger partial charge is 0.310 e. The number of thiophene rings is 1. The molecule has 1 aliphatic carbocycles. The number of hydrogen-bond acceptors (Lipinski definition) is 3. The summed E-state index contributed by atoms with van der Waals surface area (Å²) in [4.78, 5) is 1.45. The Morgan fingerprint density at radius 1 is 1.18 bits per heavy atom. The second-order valence-electron chi connectivity index (χ2n) is 6.31. The Balaban J connectivity index is 1.73. The van der Waals surface area contributed by atoms with Crippen molar-refractivity contribution in [2.24, 2.45) is 5.84 Å². The molecule has 22 heavy (non-hydrogen) atoms. The average molecular weight is 314 g/mol. The third kappa shape index (κ3) is 3.53. The average Bonchev–Trinajstić information content (AvgIpc) is 3.08. The van der Waals surface area contributed by atoms with Gasteiger partial charge < -0.3 is 5.01 Å². The number of fused-ring (bicyclic) bond motifs is 1. The lowest BCUT2D eigenvalue weighted by Crippen LogP contribution is -2.35. The summed E-state index contributed by atoms with van der Waals surface area (Å²) in [5, 5.41) is 4.12. The standard InChI is InChI=1S/C19H26N2S/c1-2-6-17(19-9-5-12-22-19)14-21(20)18-11-10-15-7-3-4-8-16(15)13-18/h5,9-13,17H,2-4,6-8,14,20H2,1H3. The van der Waals surface area contributed by atoms with Crippen molar-refractivity contribution in [1.29, 1.82) is 0 Å². The molecular weight excluding hydrogens is 288 g/mol. The van der Waals surface area contributed by atoms with Crippen LogP contribution in [-0.4, -0.2) is 6.54 Å². The van der Waals surface area contributed by atoms with Crippen LogP contribution in [0.15, 0.2) is 35.7 Å². The fraction of sp³-hybridized carbons (Fsp3) is 0.474. The molecule has 3 rings (SSSR count). The SMILES string of the molecule is CCCC(CN(N)c1ccc2c(c1)CCCC2)c1cccs1. The molecule has 0 fully saturated rings. The minimum absolute atomic E-state index is 0.533. The van der Waals surface area contributed by atoms with E-state index in [0.717, 1.165) is 6.54 Å². The molecule has 0 spiro atoms. The molecule has 1 heterocycles. The number of hydrogen-bond donors (Lipinski definition) is 1. The van der Waals surface area contributed by atoms with Gasteiger partial charge in [0.2, 0.25) is 0 Å². The second-order valence-corrected chi connectivity index (χ2v) is 7.29. The van der Waals surface area contributed by atoms with Gasteiger partial charge >= 0.3 is 0 Å². The van der Waals surface area contributed by atoms with E-state index in [1.54, 1.807) is 0 Å². The van der Waals surface area contributed by atoms with Crippen molar-refractivity contribution in [3.63, 3.8) is 0 Å². The van der Waals surface area contributed by atoms with Gasteiger partial charge in [0.15, 0.2) is 0 Å². The Kier molecular flexibility index (Phi) is 5.16. The van der Waals surface area contributed by atoms with Crippen LogP contribution in [0, 0.1) is 0 Å². The first-order valence-electron chi connectivity index (χ1n) is 8.45. The summed E-state index contributed by atoms with van der Waals surface area (Å²) in [6, 6.07) is 11.2. The smallest absolute Gasteiger partial charge is 0.0520 e. The fourth-order valence-electron chi connectivity index (χ4n) is 3.44. The maximum Gasteiger partial charge on any atom is 0.0520 e. The second kappa shape index (κ2) is 7.30. The lowest BCUT2D eigenvalue weighted by atomic mass is 9.91. The van der Waals surface area contributed by atoms with Gasteiger partial charge in [-0.05, 0) is 66.8 Å². The predicted molar refractivity (Wildman–Crippen MR) is 96.6 cm³/mol. The van der Waals surface area contributed by atoms with E-state index in [1.807, 2.05) is 16.3 Å². The molecule has 1 aromatic carbocycles. The highest BCUT2D eigenvalue weighted by Gasteiger charge is 2.17. The Hall–Kier alpha value is -1.32. The topological polar surface area (TPSA) is 29.3 Å². The highest BCUT2D eigenvalue weighted by atomic mass is 32.1. The summed E-state index contributed by atoms with van der Waals surface area (Å²) < 4.78 is 0. The van der Waals surface area contributed by atoms with Gasteiger partial charge in [-0.25, -0.2) is 5.84 Å². The molecule has 0 saturated heterocycles. The van der Waals surface area contributed by atoms with Crippen LogP contribution in [0.3, 0.4) is 0 Å². The molecule has 2 nitrogen and oxygen atoms in total. The van der Waals surface area contributed by atoms with E-state index in [-0.39, 0.29) is 0 Å². The quantitative estimate of drug-likeness (QED) is 0.607. The van der Waals surface area contributed by atoms with Crippen molar-refractivity contribution in [2.45, 2.75) is 51.4 Å². The first-order valence-corrected chi connectivity index (χ1v) is 9.33. The van der Waals surface area contributed by atoms with Crippen LogP contribution < -0.4 is 10.9 Å². The molecule has 2 N–H and O–H groups in total. The molecule has 118 valence electrons. The lowest BCUT2D eigenvalue weighted by Gasteiger charge is -2.26. The summed E-state index contributed by atoms with van der Waals surface area (Å²) in [5.41, 5.74) is 4.19. The first kappa shape index (κ1) is 15.6. The fourth-order valence-corrected chi connectivity index (χ4v) is 4.29. The number of nitrogens with two attached hydrogens (primary N) is 1. The number of aryl methyl sites for hydroxylation is 2. The summed E-state index contributed by atoms with van der Waals surface area (Å²) in [6.45, 7) is 3.15. The summed E-state index contributed by atoms with van der Waals surface area (Å²) in [5.74, 6) is 6.94. The maximum absolute atomic E-state index is 6.40. The number of anilines is 1. The van der Waals surface area contributed by atoms with Crippen molar-refractivity contribution < 1.29 is 0 Å². The van der Waals surface area contributed by atoms with Gasteiger partial charge in [-0.1, -0.05) is 25.5 Å². The molecule has 2 aromatic rings. The van der Waals surface area contributed by atoms with Gasteiger partial charge in [-0.2, -0.15) is 0 Å². The zero-order valence-corrected chi connectivity index (χ0v) is 14.2. The number of hydrazine groups is 1. The van der Waals surface area contributed by atoms with Crippen LogP contribution in [0.25, 0.3) is 0 Å². The van der Waals surface area contributed by atoms with E-state index in [4.69, 9.17) is 5.84 Å². The van der Waals surface area contributed by atoms with Crippen LogP contribution in [0.1, 0.15) is 54.5 Å². The van der Waals surface area contributed by atoms with E-state index < -0.39 is 0 Å². The Morgan fingerprint density at radius 3 is 2.73 bits per heavy atom. The normalized spacial score (nSPS) is 15.4. The van der Waals surface area contributed by atoms with Gasteiger partial charge in [0.1, 0.15) is 0 Å². The first-order chi connectivity index (χ1) is 10.8. The molecular formula is C19H26N2S. The summed E-state index contributed by atoms with van der Waals surface area (Å²) in [7, 11) is 0. The van der Waals surface area contributed by atoms with Gasteiger partial charge in [0.25, 0.3) is 0 Å². The van der Waals surface area contributed by atoms with Gasteiger partial charge in [0, 0.05) is 17.3 Å². The molecule has 0 amide bonds. The monoisotopic (exact) mass is 314 g/mol. The molecule has 1 unspecified atom stereocenters. The molecule has 0 radical (unpaired) electrons. The molecule has 0 saturated carbocycles. The Morgan fingerprint density at radius 2 is 2.00 bits per heavy atom. The van der Waals surface area contributed by atoms with Crippen LogP contribution in [-0.2, 0) is 12.8 Å². The lowest BCUT2D eigenvalue weighted by molar-refractivity contribution is 0.602. The van der Waals surface area contributed by atoms with Crippen LogP contribution >= 0.6 is 11.3 Å². The molecule has 0 bridgehead atoms.